The second-order valence-electron chi connectivity index (χ2n) is 5.72. The van der Waals surface area contributed by atoms with Crippen LogP contribution in [0.2, 0.25) is 0 Å². The Morgan fingerprint density at radius 3 is 2.52 bits per heavy atom. The first-order valence-electron chi connectivity index (χ1n) is 7.75. The van der Waals surface area contributed by atoms with E-state index in [0.717, 1.165) is 0 Å². The lowest BCUT2D eigenvalue weighted by Gasteiger charge is -2.28. The number of aliphatic hydroxyl groups is 1. The molecule has 3 rings (SSSR count). The lowest BCUT2D eigenvalue weighted by Crippen LogP contribution is -2.48. The lowest BCUT2D eigenvalue weighted by atomic mass is 10.0. The summed E-state index contributed by atoms with van der Waals surface area (Å²) in [7, 11) is 0. The van der Waals surface area contributed by atoms with Gasteiger partial charge in [-0.25, -0.2) is 4.39 Å². The number of carbonyl (C=O) groups excluding carboxylic acids is 2. The number of benzene rings is 2. The molecule has 25 heavy (non-hydrogen) atoms. The lowest BCUT2D eigenvalue weighted by molar-refractivity contribution is -0.133. The molecule has 0 spiro atoms. The molecule has 0 aliphatic carbocycles. The molecule has 1 aliphatic rings. The highest BCUT2D eigenvalue weighted by molar-refractivity contribution is 6.04. The number of halogens is 1. The number of nitrogens with one attached hydrogen (secondary N) is 2. The van der Waals surface area contributed by atoms with Crippen LogP contribution in [0, 0.1) is 5.82 Å². The molecule has 2 aromatic rings. The zero-order chi connectivity index (χ0) is 17.8. The predicted molar refractivity (Wildman–Crippen MR) is 88.5 cm³/mol. The molecule has 2 atom stereocenters. The van der Waals surface area contributed by atoms with Gasteiger partial charge in [0.2, 0.25) is 5.91 Å². The smallest absolute Gasteiger partial charge is 0.255 e. The third kappa shape index (κ3) is 4.20. The van der Waals surface area contributed by atoms with E-state index in [0.29, 0.717) is 16.8 Å². The van der Waals surface area contributed by atoms with E-state index in [9.17, 15) is 19.1 Å². The Balaban J connectivity index is 1.64. The van der Waals surface area contributed by atoms with Gasteiger partial charge in [0.25, 0.3) is 5.91 Å². The minimum absolute atomic E-state index is 0.00241. The van der Waals surface area contributed by atoms with Crippen LogP contribution in [0.25, 0.3) is 0 Å². The van der Waals surface area contributed by atoms with Gasteiger partial charge in [-0.15, -0.1) is 0 Å². The van der Waals surface area contributed by atoms with Crippen LogP contribution in [-0.2, 0) is 9.53 Å². The molecule has 130 valence electrons. The average molecular weight is 344 g/mol. The van der Waals surface area contributed by atoms with E-state index in [1.807, 2.05) is 0 Å². The highest BCUT2D eigenvalue weighted by atomic mass is 19.1. The van der Waals surface area contributed by atoms with Gasteiger partial charge in [-0.05, 0) is 42.0 Å². The highest BCUT2D eigenvalue weighted by Gasteiger charge is 2.26. The molecule has 1 aliphatic heterocycles. The maximum Gasteiger partial charge on any atom is 0.255 e. The molecule has 0 radical (unpaired) electrons. The zero-order valence-corrected chi connectivity index (χ0v) is 13.2. The van der Waals surface area contributed by atoms with Crippen molar-refractivity contribution in [3.63, 3.8) is 0 Å². The fourth-order valence-corrected chi connectivity index (χ4v) is 2.54. The standard InChI is InChI=1S/C18H17FN2O4/c19-13-5-1-12(2-6-13)18(24)20-14-7-3-11(4-8-14)17(23)15-9-25-10-16(22)21-15/h1-8,15,17,23H,9-10H2,(H,20,24)(H,21,22). The number of morpholine rings is 1. The van der Waals surface area contributed by atoms with Crippen molar-refractivity contribution in [2.45, 2.75) is 12.1 Å². The molecule has 2 aromatic carbocycles. The molecule has 7 heteroatoms. The third-order valence-corrected chi connectivity index (χ3v) is 3.87. The van der Waals surface area contributed by atoms with Crippen LogP contribution < -0.4 is 10.6 Å². The van der Waals surface area contributed by atoms with Crippen molar-refractivity contribution in [2.75, 3.05) is 18.5 Å². The summed E-state index contributed by atoms with van der Waals surface area (Å²) < 4.78 is 18.0. The quantitative estimate of drug-likeness (QED) is 0.787. The molecule has 1 heterocycles. The molecular weight excluding hydrogens is 327 g/mol. The van der Waals surface area contributed by atoms with Crippen LogP contribution in [0.15, 0.2) is 48.5 Å². The first-order valence-corrected chi connectivity index (χ1v) is 7.75. The Kier molecular flexibility index (Phi) is 5.06. The maximum absolute atomic E-state index is 12.9. The molecule has 2 unspecified atom stereocenters. The molecule has 6 nitrogen and oxygen atoms in total. The van der Waals surface area contributed by atoms with Gasteiger partial charge in [-0.2, -0.15) is 0 Å². The van der Waals surface area contributed by atoms with Crippen LogP contribution in [0.1, 0.15) is 22.0 Å². The van der Waals surface area contributed by atoms with Crippen molar-refractivity contribution in [1.29, 1.82) is 0 Å². The van der Waals surface area contributed by atoms with Crippen LogP contribution in [0.4, 0.5) is 10.1 Å². The van der Waals surface area contributed by atoms with Crippen molar-refractivity contribution in [1.82, 2.24) is 5.32 Å². The van der Waals surface area contributed by atoms with E-state index in [4.69, 9.17) is 4.74 Å². The number of ether oxygens (including phenoxy) is 1. The van der Waals surface area contributed by atoms with E-state index >= 15 is 0 Å². The van der Waals surface area contributed by atoms with Gasteiger partial charge in [0, 0.05) is 11.3 Å². The number of hydrogen-bond donors (Lipinski definition) is 3. The summed E-state index contributed by atoms with van der Waals surface area (Å²) in [6.07, 6.45) is -0.911. The molecular formula is C18H17FN2O4. The van der Waals surface area contributed by atoms with Crippen molar-refractivity contribution < 1.29 is 23.8 Å². The van der Waals surface area contributed by atoms with Crippen molar-refractivity contribution in [3.05, 3.63) is 65.5 Å². The fourth-order valence-electron chi connectivity index (χ4n) is 2.54. The number of aliphatic hydroxyl groups excluding tert-OH is 1. The van der Waals surface area contributed by atoms with Gasteiger partial charge in [-0.3, -0.25) is 9.59 Å². The van der Waals surface area contributed by atoms with Gasteiger partial charge in [0.1, 0.15) is 18.5 Å². The second-order valence-corrected chi connectivity index (χ2v) is 5.72. The largest absolute Gasteiger partial charge is 0.386 e. The predicted octanol–water partition coefficient (Wildman–Crippen LogP) is 1.63. The van der Waals surface area contributed by atoms with E-state index in [-0.39, 0.29) is 25.0 Å². The van der Waals surface area contributed by atoms with Gasteiger partial charge >= 0.3 is 0 Å². The van der Waals surface area contributed by atoms with Crippen LogP contribution in [0.5, 0.6) is 0 Å². The molecule has 3 N–H and O–H groups in total. The van der Waals surface area contributed by atoms with E-state index in [1.54, 1.807) is 24.3 Å². The molecule has 1 saturated heterocycles. The summed E-state index contributed by atoms with van der Waals surface area (Å²) in [5.41, 5.74) is 1.47. The molecule has 1 fully saturated rings. The maximum atomic E-state index is 12.9. The van der Waals surface area contributed by atoms with E-state index in [1.165, 1.54) is 24.3 Å². The van der Waals surface area contributed by atoms with Crippen molar-refractivity contribution in [2.24, 2.45) is 0 Å². The molecule has 0 aromatic heterocycles. The molecule has 0 saturated carbocycles. The number of anilines is 1. The number of rotatable bonds is 4. The van der Waals surface area contributed by atoms with E-state index in [2.05, 4.69) is 10.6 Å². The van der Waals surface area contributed by atoms with Crippen molar-refractivity contribution >= 4 is 17.5 Å². The summed E-state index contributed by atoms with van der Waals surface area (Å²) in [4.78, 5) is 23.4. The summed E-state index contributed by atoms with van der Waals surface area (Å²) in [6, 6.07) is 11.3. The Morgan fingerprint density at radius 2 is 1.88 bits per heavy atom. The van der Waals surface area contributed by atoms with Gasteiger partial charge in [0.05, 0.1) is 12.6 Å². The minimum atomic E-state index is -0.911. The zero-order valence-electron chi connectivity index (χ0n) is 13.2. The third-order valence-electron chi connectivity index (χ3n) is 3.87. The molecule has 2 amide bonds. The average Bonchev–Trinajstić information content (AvgIpc) is 2.62. The van der Waals surface area contributed by atoms with Gasteiger partial charge in [0.15, 0.2) is 0 Å². The van der Waals surface area contributed by atoms with Gasteiger partial charge < -0.3 is 20.5 Å². The van der Waals surface area contributed by atoms with Crippen LogP contribution in [0.3, 0.4) is 0 Å². The number of hydrogen-bond acceptors (Lipinski definition) is 4. The minimum Gasteiger partial charge on any atom is -0.386 e. The summed E-state index contributed by atoms with van der Waals surface area (Å²) in [5.74, 6) is -1.03. The summed E-state index contributed by atoms with van der Waals surface area (Å²) in [5, 5.41) is 15.7. The Bertz CT molecular complexity index is 762. The summed E-state index contributed by atoms with van der Waals surface area (Å²) in [6.45, 7) is 0.230. The van der Waals surface area contributed by atoms with Crippen LogP contribution >= 0.6 is 0 Å². The first kappa shape index (κ1) is 17.1. The molecule has 0 bridgehead atoms. The topological polar surface area (TPSA) is 87.7 Å². The Morgan fingerprint density at radius 1 is 1.20 bits per heavy atom. The first-order chi connectivity index (χ1) is 12.0. The van der Waals surface area contributed by atoms with Crippen molar-refractivity contribution in [3.8, 4) is 0 Å². The van der Waals surface area contributed by atoms with Crippen LogP contribution in [-0.4, -0.2) is 36.2 Å². The highest BCUT2D eigenvalue weighted by Crippen LogP contribution is 2.21. The summed E-state index contributed by atoms with van der Waals surface area (Å²) >= 11 is 0. The fraction of sp³-hybridized carbons (Fsp3) is 0.222. The number of carbonyl (C=O) groups is 2. The van der Waals surface area contributed by atoms with E-state index < -0.39 is 18.0 Å². The normalized spacial score (nSPS) is 18.3. The Hall–Kier alpha value is -2.77. The SMILES string of the molecule is O=C1COCC(C(O)c2ccc(NC(=O)c3ccc(F)cc3)cc2)N1. The monoisotopic (exact) mass is 344 g/mol. The number of amides is 2. The van der Waals surface area contributed by atoms with Gasteiger partial charge in [-0.1, -0.05) is 12.1 Å². The Labute approximate surface area is 143 Å². The second kappa shape index (κ2) is 7.42.